The summed E-state index contributed by atoms with van der Waals surface area (Å²) in [6, 6.07) is 22.1. The molecule has 0 amide bonds. The first-order valence-corrected chi connectivity index (χ1v) is 24.7. The van der Waals surface area contributed by atoms with E-state index in [0.717, 1.165) is 136 Å². The Morgan fingerprint density at radius 2 is 1.03 bits per heavy atom. The second-order valence-corrected chi connectivity index (χ2v) is 19.7. The number of aliphatic hydroxyl groups excluding tert-OH is 2. The van der Waals surface area contributed by atoms with Gasteiger partial charge in [0.25, 0.3) is 0 Å². The maximum absolute atomic E-state index is 13.4. The molecular formula is C52H70N12O2. The molecule has 0 aromatic carbocycles. The number of imidazole rings is 2. The number of aryl methyl sites for hydroxylation is 2. The van der Waals surface area contributed by atoms with Crippen molar-refractivity contribution in [2.45, 2.75) is 115 Å². The van der Waals surface area contributed by atoms with Crippen LogP contribution in [0, 0.1) is 0 Å². The topological polar surface area (TPSA) is 120 Å². The number of hydrogen-bond acceptors (Lipinski definition) is 12. The Balaban J connectivity index is 1.11. The summed E-state index contributed by atoms with van der Waals surface area (Å²) in [5.74, 6) is 1.96. The summed E-state index contributed by atoms with van der Waals surface area (Å²) in [6.45, 7) is 10.5. The molecule has 2 aliphatic carbocycles. The first kappa shape index (κ1) is 44.9. The third-order valence-electron chi connectivity index (χ3n) is 15.5. The van der Waals surface area contributed by atoms with Crippen molar-refractivity contribution < 1.29 is 10.2 Å². The van der Waals surface area contributed by atoms with Crippen molar-refractivity contribution in [1.82, 2.24) is 48.3 Å². The van der Waals surface area contributed by atoms with Crippen LogP contribution in [-0.2, 0) is 25.9 Å². The fraction of sp³-hybridized carbons (Fsp3) is 0.538. The van der Waals surface area contributed by atoms with Gasteiger partial charge in [-0.3, -0.25) is 28.6 Å². The fourth-order valence-electron chi connectivity index (χ4n) is 11.8. The van der Waals surface area contributed by atoms with Crippen molar-refractivity contribution in [3.8, 4) is 0 Å². The Hall–Kier alpha value is -4.96. The van der Waals surface area contributed by atoms with Crippen molar-refractivity contribution in [3.05, 3.63) is 118 Å². The molecule has 10 rings (SSSR count). The van der Waals surface area contributed by atoms with Gasteiger partial charge in [0.05, 0.1) is 46.2 Å². The normalized spacial score (nSPS) is 22.1. The lowest BCUT2D eigenvalue weighted by atomic mass is 9.90. The van der Waals surface area contributed by atoms with E-state index < -0.39 is 12.2 Å². The molecule has 4 aliphatic rings. The molecule has 6 atom stereocenters. The fourth-order valence-corrected chi connectivity index (χ4v) is 11.8. The highest BCUT2D eigenvalue weighted by atomic mass is 16.3. The number of fused-ring (bicyclic) bond motifs is 4. The second-order valence-electron chi connectivity index (χ2n) is 19.7. The van der Waals surface area contributed by atoms with Gasteiger partial charge in [-0.25, -0.2) is 9.97 Å². The average Bonchev–Trinajstić information content (AvgIpc) is 4.17. The largest absolute Gasteiger partial charge is 0.384 e. The van der Waals surface area contributed by atoms with Gasteiger partial charge >= 0.3 is 0 Å². The molecule has 8 heterocycles. The van der Waals surface area contributed by atoms with Crippen LogP contribution in [-0.4, -0.2) is 138 Å². The van der Waals surface area contributed by atoms with Crippen LogP contribution in [0.2, 0.25) is 0 Å². The first-order valence-electron chi connectivity index (χ1n) is 24.7. The molecule has 14 heteroatoms. The molecule has 2 fully saturated rings. The van der Waals surface area contributed by atoms with Crippen LogP contribution in [0.5, 0.6) is 0 Å². The van der Waals surface area contributed by atoms with Crippen molar-refractivity contribution in [2.75, 3.05) is 77.3 Å². The van der Waals surface area contributed by atoms with Crippen LogP contribution in [0.15, 0.2) is 73.1 Å². The zero-order valence-corrected chi connectivity index (χ0v) is 40.0. The molecule has 6 aromatic heterocycles. The molecule has 2 aliphatic heterocycles. The summed E-state index contributed by atoms with van der Waals surface area (Å²) in [5.41, 5.74) is 9.22. The number of aliphatic hydroxyl groups is 2. The van der Waals surface area contributed by atoms with Crippen molar-refractivity contribution in [2.24, 2.45) is 0 Å². The Labute approximate surface area is 390 Å². The number of anilines is 2. The van der Waals surface area contributed by atoms with Gasteiger partial charge in [0.2, 0.25) is 0 Å². The van der Waals surface area contributed by atoms with Gasteiger partial charge in [0.1, 0.15) is 35.1 Å². The molecule has 350 valence electrons. The zero-order chi connectivity index (χ0) is 45.6. The molecule has 0 spiro atoms. The van der Waals surface area contributed by atoms with E-state index in [1.807, 2.05) is 36.7 Å². The summed E-state index contributed by atoms with van der Waals surface area (Å²) in [6.07, 6.45) is 9.48. The van der Waals surface area contributed by atoms with Crippen molar-refractivity contribution >= 4 is 22.9 Å². The molecular weight excluding hydrogens is 825 g/mol. The molecule has 0 radical (unpaired) electrons. The highest BCUT2D eigenvalue weighted by molar-refractivity contribution is 5.58. The lowest BCUT2D eigenvalue weighted by molar-refractivity contribution is 0.00874. The SMILES string of the molecule is CCN(Cc1nc2cccc(N3CC[C@@H](N(C)C)C3)n2c1C(O)C(O)c1c(CN(CC)[C@H]2CCCc3cccnc32)nc2cccc(N3CC[C@@H](N(C)C)C3)n12)[C@H]1CCCc2cccnc21. The average molecular weight is 895 g/mol. The lowest BCUT2D eigenvalue weighted by Crippen LogP contribution is -2.33. The monoisotopic (exact) mass is 895 g/mol. The first-order chi connectivity index (χ1) is 32.1. The van der Waals surface area contributed by atoms with E-state index in [9.17, 15) is 10.2 Å². The Morgan fingerprint density at radius 1 is 0.591 bits per heavy atom. The number of rotatable bonds is 15. The number of likely N-dealkylation sites (N-methyl/N-ethyl adjacent to an activating group) is 2. The maximum atomic E-state index is 13.4. The molecule has 2 unspecified atom stereocenters. The summed E-state index contributed by atoms with van der Waals surface area (Å²) in [7, 11) is 8.61. The minimum atomic E-state index is -1.34. The second kappa shape index (κ2) is 19.0. The molecule has 6 aromatic rings. The van der Waals surface area contributed by atoms with Crippen LogP contribution in [0.25, 0.3) is 11.3 Å². The molecule has 66 heavy (non-hydrogen) atoms. The summed E-state index contributed by atoms with van der Waals surface area (Å²) in [4.78, 5) is 35.1. The highest BCUT2D eigenvalue weighted by Crippen LogP contribution is 2.42. The molecule has 2 saturated heterocycles. The smallest absolute Gasteiger partial charge is 0.138 e. The summed E-state index contributed by atoms with van der Waals surface area (Å²) in [5, 5.41) is 26.7. The van der Waals surface area contributed by atoms with E-state index >= 15 is 0 Å². The van der Waals surface area contributed by atoms with E-state index in [0.29, 0.717) is 36.6 Å². The number of pyridine rings is 4. The molecule has 0 bridgehead atoms. The predicted molar refractivity (Wildman–Crippen MR) is 261 cm³/mol. The van der Waals surface area contributed by atoms with E-state index in [1.165, 1.54) is 11.1 Å². The van der Waals surface area contributed by atoms with E-state index in [4.69, 9.17) is 19.9 Å². The Bertz CT molecular complexity index is 2460. The zero-order valence-electron chi connectivity index (χ0n) is 40.0. The summed E-state index contributed by atoms with van der Waals surface area (Å²) >= 11 is 0. The third-order valence-corrected chi connectivity index (χ3v) is 15.5. The van der Waals surface area contributed by atoms with E-state index in [-0.39, 0.29) is 12.1 Å². The number of nitrogens with zero attached hydrogens (tertiary/aromatic N) is 12. The van der Waals surface area contributed by atoms with E-state index in [2.05, 4.69) is 117 Å². The van der Waals surface area contributed by atoms with Gasteiger partial charge in [-0.15, -0.1) is 0 Å². The standard InChI is InChI=1S/C52H70N12O2/c1-7-59(41-19-9-15-35-17-13-27-53-47(35)41)33-39-49(63-43(55-39)21-11-23-45(63)61-29-25-37(31-61)57(3)4)51(65)52(66)50-40(34-60(8-2)42-20-10-16-36-18-14-28-54-48(36)42)56-44-22-12-24-46(64(44)50)62-30-26-38(32-62)58(5)6/h11-14,17-18,21-24,27-28,37-38,41-42,51-52,65-66H,7-10,15-16,19-20,25-26,29-34H2,1-6H3/t37-,38-,41+,42+,51?,52?/m1/s1. The molecule has 14 nitrogen and oxygen atoms in total. The van der Waals surface area contributed by atoms with Crippen LogP contribution in [0.3, 0.4) is 0 Å². The van der Waals surface area contributed by atoms with E-state index in [1.54, 1.807) is 0 Å². The lowest BCUT2D eigenvalue weighted by Gasteiger charge is -2.35. The Kier molecular flexibility index (Phi) is 12.9. The van der Waals surface area contributed by atoms with Crippen LogP contribution < -0.4 is 9.80 Å². The van der Waals surface area contributed by atoms with Gasteiger partial charge in [-0.05, 0) is 140 Å². The predicted octanol–water partition coefficient (Wildman–Crippen LogP) is 6.62. The van der Waals surface area contributed by atoms with Gasteiger partial charge in [-0.1, -0.05) is 38.1 Å². The van der Waals surface area contributed by atoms with Gasteiger partial charge in [-0.2, -0.15) is 0 Å². The van der Waals surface area contributed by atoms with Gasteiger partial charge in [0.15, 0.2) is 0 Å². The quantitative estimate of drug-likeness (QED) is 0.115. The highest BCUT2D eigenvalue weighted by Gasteiger charge is 2.38. The van der Waals surface area contributed by atoms with Crippen molar-refractivity contribution in [1.29, 1.82) is 0 Å². The summed E-state index contributed by atoms with van der Waals surface area (Å²) < 4.78 is 4.30. The van der Waals surface area contributed by atoms with Crippen LogP contribution >= 0.6 is 0 Å². The maximum Gasteiger partial charge on any atom is 0.138 e. The third kappa shape index (κ3) is 8.27. The van der Waals surface area contributed by atoms with Crippen LogP contribution in [0.1, 0.15) is 122 Å². The number of hydrogen-bond donors (Lipinski definition) is 2. The van der Waals surface area contributed by atoms with Gasteiger partial charge < -0.3 is 29.8 Å². The number of aromatic nitrogens is 6. The molecule has 2 N–H and O–H groups in total. The van der Waals surface area contributed by atoms with Gasteiger partial charge in [0, 0.05) is 63.7 Å². The molecule has 0 saturated carbocycles. The van der Waals surface area contributed by atoms with Crippen molar-refractivity contribution in [3.63, 3.8) is 0 Å². The Morgan fingerprint density at radius 3 is 1.42 bits per heavy atom. The van der Waals surface area contributed by atoms with Crippen LogP contribution in [0.4, 0.5) is 11.6 Å². The minimum Gasteiger partial charge on any atom is -0.384 e. The minimum absolute atomic E-state index is 0.123.